The molecule has 2 N–H and O–H groups in total. The van der Waals surface area contributed by atoms with E-state index in [0.717, 1.165) is 25.6 Å². The number of likely N-dealkylation sites (N-methyl/N-ethyl adjacent to an activating group) is 1. The van der Waals surface area contributed by atoms with Gasteiger partial charge in [-0.1, -0.05) is 0 Å². The smallest absolute Gasteiger partial charge is 0.0620 e. The Morgan fingerprint density at radius 2 is 2.25 bits per heavy atom. The molecular weight excluding hydrogens is 152 g/mol. The van der Waals surface area contributed by atoms with Crippen molar-refractivity contribution >= 4 is 0 Å². The lowest BCUT2D eigenvalue weighted by atomic mass is 10.2. The fourth-order valence-corrected chi connectivity index (χ4v) is 1.64. The van der Waals surface area contributed by atoms with Crippen LogP contribution in [0.15, 0.2) is 0 Å². The second-order valence-electron chi connectivity index (χ2n) is 3.63. The predicted molar refractivity (Wildman–Crippen MR) is 50.1 cm³/mol. The first-order chi connectivity index (χ1) is 5.79. The second kappa shape index (κ2) is 4.80. The third-order valence-corrected chi connectivity index (χ3v) is 2.55. The number of nitrogens with zero attached hydrogens (tertiary/aromatic N) is 1. The first-order valence-electron chi connectivity index (χ1n) is 4.68. The number of hydrogen-bond donors (Lipinski definition) is 1. The van der Waals surface area contributed by atoms with Gasteiger partial charge in [0.1, 0.15) is 0 Å². The Kier molecular flexibility index (Phi) is 3.98. The van der Waals surface area contributed by atoms with E-state index < -0.39 is 0 Å². The number of nitrogens with two attached hydrogens (primary N) is 1. The van der Waals surface area contributed by atoms with E-state index >= 15 is 0 Å². The van der Waals surface area contributed by atoms with Crippen LogP contribution in [0.4, 0.5) is 0 Å². The van der Waals surface area contributed by atoms with E-state index in [1.165, 1.54) is 12.8 Å². The topological polar surface area (TPSA) is 38.5 Å². The molecule has 72 valence electrons. The number of hydrogen-bond acceptors (Lipinski definition) is 3. The molecule has 0 aromatic carbocycles. The molecule has 0 spiro atoms. The average Bonchev–Trinajstić information content (AvgIpc) is 2.83. The van der Waals surface area contributed by atoms with Crippen LogP contribution in [0.2, 0.25) is 0 Å². The molecule has 3 nitrogen and oxygen atoms in total. The maximum absolute atomic E-state index is 5.50. The van der Waals surface area contributed by atoms with E-state index in [9.17, 15) is 0 Å². The zero-order valence-corrected chi connectivity index (χ0v) is 8.12. The largest absolute Gasteiger partial charge is 0.383 e. The maximum Gasteiger partial charge on any atom is 0.0620 e. The fraction of sp³-hybridized carbons (Fsp3) is 1.00. The van der Waals surface area contributed by atoms with Crippen LogP contribution in [-0.2, 0) is 4.74 Å². The van der Waals surface area contributed by atoms with Crippen molar-refractivity contribution < 1.29 is 4.74 Å². The first-order valence-corrected chi connectivity index (χ1v) is 4.68. The molecule has 0 saturated heterocycles. The lowest BCUT2D eigenvalue weighted by Crippen LogP contribution is -2.40. The lowest BCUT2D eigenvalue weighted by molar-refractivity contribution is 0.0957. The molecule has 0 radical (unpaired) electrons. The van der Waals surface area contributed by atoms with Crippen molar-refractivity contribution in [1.82, 2.24) is 4.90 Å². The van der Waals surface area contributed by atoms with Gasteiger partial charge in [0, 0.05) is 26.2 Å². The van der Waals surface area contributed by atoms with Gasteiger partial charge < -0.3 is 10.5 Å². The summed E-state index contributed by atoms with van der Waals surface area (Å²) in [4.78, 5) is 2.32. The molecule has 1 saturated carbocycles. The highest BCUT2D eigenvalue weighted by Crippen LogP contribution is 2.34. The van der Waals surface area contributed by atoms with Gasteiger partial charge in [0.25, 0.3) is 0 Å². The van der Waals surface area contributed by atoms with Gasteiger partial charge in [0.05, 0.1) is 6.61 Å². The van der Waals surface area contributed by atoms with E-state index in [4.69, 9.17) is 10.5 Å². The highest BCUT2D eigenvalue weighted by Gasteiger charge is 2.33. The molecule has 1 aliphatic rings. The predicted octanol–water partition coefficient (Wildman–Crippen LogP) is 0.302. The molecule has 1 atom stereocenters. The number of ether oxygens (including phenoxy) is 1. The minimum atomic E-state index is 0.596. The van der Waals surface area contributed by atoms with Gasteiger partial charge >= 0.3 is 0 Å². The molecule has 1 unspecified atom stereocenters. The fourth-order valence-electron chi connectivity index (χ4n) is 1.64. The molecule has 12 heavy (non-hydrogen) atoms. The molecule has 0 heterocycles. The highest BCUT2D eigenvalue weighted by atomic mass is 16.5. The van der Waals surface area contributed by atoms with E-state index in [0.29, 0.717) is 6.04 Å². The summed E-state index contributed by atoms with van der Waals surface area (Å²) in [6.45, 7) is 2.56. The summed E-state index contributed by atoms with van der Waals surface area (Å²) in [7, 11) is 3.90. The Morgan fingerprint density at radius 1 is 1.58 bits per heavy atom. The molecule has 3 heteroatoms. The summed E-state index contributed by atoms with van der Waals surface area (Å²) in [5.41, 5.74) is 5.50. The van der Waals surface area contributed by atoms with Gasteiger partial charge in [-0.25, -0.2) is 0 Å². The van der Waals surface area contributed by atoms with Crippen LogP contribution in [-0.4, -0.2) is 44.8 Å². The SMILES string of the molecule is COCC(C1CC1)N(C)CCN. The van der Waals surface area contributed by atoms with Gasteiger partial charge in [-0.3, -0.25) is 4.90 Å². The summed E-state index contributed by atoms with van der Waals surface area (Å²) in [5.74, 6) is 0.862. The standard InChI is InChI=1S/C9H20N2O/c1-11(6-5-10)9(7-12-2)8-3-4-8/h8-9H,3-7,10H2,1-2H3. The molecular formula is C9H20N2O. The number of methoxy groups -OCH3 is 1. The third kappa shape index (κ3) is 2.73. The van der Waals surface area contributed by atoms with Crippen molar-refractivity contribution in [3.8, 4) is 0 Å². The van der Waals surface area contributed by atoms with Crippen molar-refractivity contribution in [3.05, 3.63) is 0 Å². The van der Waals surface area contributed by atoms with Crippen LogP contribution in [0.25, 0.3) is 0 Å². The number of rotatable bonds is 6. The molecule has 1 fully saturated rings. The minimum Gasteiger partial charge on any atom is -0.383 e. The Hall–Kier alpha value is -0.120. The molecule has 1 aliphatic carbocycles. The molecule has 0 aromatic heterocycles. The molecule has 0 amide bonds. The van der Waals surface area contributed by atoms with Gasteiger partial charge in [-0.2, -0.15) is 0 Å². The highest BCUT2D eigenvalue weighted by molar-refractivity contribution is 4.87. The Bertz CT molecular complexity index is 126. The quantitative estimate of drug-likeness (QED) is 0.626. The van der Waals surface area contributed by atoms with E-state index in [1.54, 1.807) is 7.11 Å². The van der Waals surface area contributed by atoms with E-state index in [1.807, 2.05) is 0 Å². The second-order valence-corrected chi connectivity index (χ2v) is 3.63. The zero-order chi connectivity index (χ0) is 8.97. The van der Waals surface area contributed by atoms with Crippen LogP contribution < -0.4 is 5.73 Å². The third-order valence-electron chi connectivity index (χ3n) is 2.55. The monoisotopic (exact) mass is 172 g/mol. The average molecular weight is 172 g/mol. The summed E-state index contributed by atoms with van der Waals surface area (Å²) in [6, 6.07) is 0.596. The summed E-state index contributed by atoms with van der Waals surface area (Å²) in [6.07, 6.45) is 2.73. The van der Waals surface area contributed by atoms with Gasteiger partial charge in [-0.15, -0.1) is 0 Å². The van der Waals surface area contributed by atoms with Gasteiger partial charge in [0.2, 0.25) is 0 Å². The van der Waals surface area contributed by atoms with Crippen LogP contribution in [0.5, 0.6) is 0 Å². The molecule has 0 aliphatic heterocycles. The molecule has 1 rings (SSSR count). The van der Waals surface area contributed by atoms with E-state index in [2.05, 4.69) is 11.9 Å². The first kappa shape index (κ1) is 9.96. The molecule has 0 bridgehead atoms. The van der Waals surface area contributed by atoms with Crippen molar-refractivity contribution in [2.24, 2.45) is 11.7 Å². The van der Waals surface area contributed by atoms with Crippen LogP contribution in [0.1, 0.15) is 12.8 Å². The van der Waals surface area contributed by atoms with E-state index in [-0.39, 0.29) is 0 Å². The lowest BCUT2D eigenvalue weighted by Gasteiger charge is -2.26. The Balaban J connectivity index is 2.29. The Morgan fingerprint density at radius 3 is 2.67 bits per heavy atom. The van der Waals surface area contributed by atoms with Crippen molar-refractivity contribution in [2.75, 3.05) is 33.9 Å². The van der Waals surface area contributed by atoms with Crippen LogP contribution in [0, 0.1) is 5.92 Å². The van der Waals surface area contributed by atoms with Gasteiger partial charge in [-0.05, 0) is 25.8 Å². The normalized spacial score (nSPS) is 20.0. The van der Waals surface area contributed by atoms with Crippen molar-refractivity contribution in [3.63, 3.8) is 0 Å². The molecule has 0 aromatic rings. The Labute approximate surface area is 74.9 Å². The maximum atomic E-state index is 5.50. The summed E-state index contributed by atoms with van der Waals surface area (Å²) >= 11 is 0. The van der Waals surface area contributed by atoms with Crippen LogP contribution in [0.3, 0.4) is 0 Å². The summed E-state index contributed by atoms with van der Waals surface area (Å²) < 4.78 is 5.19. The van der Waals surface area contributed by atoms with Crippen LogP contribution >= 0.6 is 0 Å². The zero-order valence-electron chi connectivity index (χ0n) is 8.12. The summed E-state index contributed by atoms with van der Waals surface area (Å²) in [5, 5.41) is 0. The van der Waals surface area contributed by atoms with Gasteiger partial charge in [0.15, 0.2) is 0 Å². The van der Waals surface area contributed by atoms with Crippen molar-refractivity contribution in [2.45, 2.75) is 18.9 Å². The minimum absolute atomic E-state index is 0.596. The van der Waals surface area contributed by atoms with Crippen molar-refractivity contribution in [1.29, 1.82) is 0 Å².